The van der Waals surface area contributed by atoms with Gasteiger partial charge in [0.1, 0.15) is 0 Å². The summed E-state index contributed by atoms with van der Waals surface area (Å²) in [4.78, 5) is 7.61. The van der Waals surface area contributed by atoms with E-state index < -0.39 is 0 Å². The number of rotatable bonds is 3. The normalized spacial score (nSPS) is 30.5. The van der Waals surface area contributed by atoms with Crippen molar-refractivity contribution in [3.8, 4) is 0 Å². The summed E-state index contributed by atoms with van der Waals surface area (Å²) in [6, 6.07) is 1.19. The number of hydrogen-bond acceptors (Lipinski definition) is 3. The molecule has 2 aliphatic rings. The Balaban J connectivity index is 1.94. The van der Waals surface area contributed by atoms with Gasteiger partial charge in [-0.05, 0) is 63.6 Å². The SMILES string of the molecule is CCC1CCC(=NC2CCN(C(C)C)CC2)/C(=C\N)C1. The predicted octanol–water partition coefficient (Wildman–Crippen LogP) is 3.35. The summed E-state index contributed by atoms with van der Waals surface area (Å²) >= 11 is 0. The molecule has 0 bridgehead atoms. The van der Waals surface area contributed by atoms with E-state index in [0.717, 1.165) is 18.8 Å². The molecule has 1 atom stereocenters. The highest BCUT2D eigenvalue weighted by Gasteiger charge is 2.24. The highest BCUT2D eigenvalue weighted by molar-refractivity contribution is 6.00. The minimum Gasteiger partial charge on any atom is -0.404 e. The fraction of sp³-hybridized carbons (Fsp3) is 0.824. The third kappa shape index (κ3) is 3.85. The van der Waals surface area contributed by atoms with Crippen LogP contribution in [0, 0.1) is 5.92 Å². The Bertz CT molecular complexity index is 362. The lowest BCUT2D eigenvalue weighted by atomic mass is 9.83. The van der Waals surface area contributed by atoms with Crippen molar-refractivity contribution in [1.82, 2.24) is 4.90 Å². The zero-order chi connectivity index (χ0) is 14.5. The van der Waals surface area contributed by atoms with E-state index in [4.69, 9.17) is 10.7 Å². The van der Waals surface area contributed by atoms with Crippen LogP contribution in [0.2, 0.25) is 0 Å². The van der Waals surface area contributed by atoms with Gasteiger partial charge in [0.2, 0.25) is 0 Å². The molecule has 1 saturated heterocycles. The van der Waals surface area contributed by atoms with Crippen molar-refractivity contribution < 1.29 is 0 Å². The smallest absolute Gasteiger partial charge is 0.0527 e. The van der Waals surface area contributed by atoms with E-state index >= 15 is 0 Å². The predicted molar refractivity (Wildman–Crippen MR) is 87.1 cm³/mol. The molecule has 2 fully saturated rings. The first-order valence-electron chi connectivity index (χ1n) is 8.35. The molecule has 0 aromatic heterocycles. The third-order valence-corrected chi connectivity index (χ3v) is 5.01. The molecule has 1 heterocycles. The first-order chi connectivity index (χ1) is 9.63. The van der Waals surface area contributed by atoms with Crippen molar-refractivity contribution in [2.45, 2.75) is 71.4 Å². The summed E-state index contributed by atoms with van der Waals surface area (Å²) in [7, 11) is 0. The van der Waals surface area contributed by atoms with Crippen molar-refractivity contribution in [3.63, 3.8) is 0 Å². The van der Waals surface area contributed by atoms with Crippen LogP contribution in [0.4, 0.5) is 0 Å². The van der Waals surface area contributed by atoms with Gasteiger partial charge in [0.15, 0.2) is 0 Å². The van der Waals surface area contributed by atoms with Gasteiger partial charge in [-0.15, -0.1) is 0 Å². The monoisotopic (exact) mass is 277 g/mol. The number of hydrogen-bond donors (Lipinski definition) is 1. The summed E-state index contributed by atoms with van der Waals surface area (Å²) in [6.07, 6.45) is 9.04. The van der Waals surface area contributed by atoms with E-state index in [0.29, 0.717) is 12.1 Å². The summed E-state index contributed by atoms with van der Waals surface area (Å²) in [6.45, 7) is 9.24. The van der Waals surface area contributed by atoms with Crippen molar-refractivity contribution in [2.75, 3.05) is 13.1 Å². The highest BCUT2D eigenvalue weighted by atomic mass is 15.2. The van der Waals surface area contributed by atoms with E-state index in [9.17, 15) is 0 Å². The van der Waals surface area contributed by atoms with Crippen molar-refractivity contribution >= 4 is 5.71 Å². The molecule has 0 amide bonds. The molecule has 3 heteroatoms. The molecular weight excluding hydrogens is 246 g/mol. The number of nitrogens with two attached hydrogens (primary N) is 1. The van der Waals surface area contributed by atoms with Crippen molar-refractivity contribution in [3.05, 3.63) is 11.8 Å². The van der Waals surface area contributed by atoms with Crippen LogP contribution in [-0.2, 0) is 0 Å². The molecule has 2 N–H and O–H groups in total. The van der Waals surface area contributed by atoms with Gasteiger partial charge >= 0.3 is 0 Å². The Labute approximate surface area is 124 Å². The lowest BCUT2D eigenvalue weighted by Gasteiger charge is -2.34. The summed E-state index contributed by atoms with van der Waals surface area (Å²) < 4.78 is 0. The maximum atomic E-state index is 5.83. The number of likely N-dealkylation sites (tertiary alicyclic amines) is 1. The van der Waals surface area contributed by atoms with Gasteiger partial charge in [-0.25, -0.2) is 0 Å². The summed E-state index contributed by atoms with van der Waals surface area (Å²) in [5.74, 6) is 0.812. The number of piperidine rings is 1. The van der Waals surface area contributed by atoms with Gasteiger partial charge in [-0.1, -0.05) is 13.3 Å². The lowest BCUT2D eigenvalue weighted by molar-refractivity contribution is 0.173. The third-order valence-electron chi connectivity index (χ3n) is 5.01. The van der Waals surface area contributed by atoms with Crippen molar-refractivity contribution in [1.29, 1.82) is 0 Å². The van der Waals surface area contributed by atoms with E-state index in [1.54, 1.807) is 0 Å². The second-order valence-electron chi connectivity index (χ2n) is 6.65. The number of aliphatic imine (C=N–C) groups is 1. The van der Waals surface area contributed by atoms with E-state index in [1.165, 1.54) is 50.1 Å². The molecule has 1 aliphatic carbocycles. The maximum absolute atomic E-state index is 5.83. The molecule has 0 aromatic rings. The zero-order valence-electron chi connectivity index (χ0n) is 13.4. The zero-order valence-corrected chi connectivity index (χ0v) is 13.4. The van der Waals surface area contributed by atoms with Crippen LogP contribution < -0.4 is 5.73 Å². The number of nitrogens with zero attached hydrogens (tertiary/aromatic N) is 2. The van der Waals surface area contributed by atoms with Gasteiger partial charge in [0, 0.05) is 24.8 Å². The second-order valence-corrected chi connectivity index (χ2v) is 6.65. The number of allylic oxidation sites excluding steroid dienone is 1. The quantitative estimate of drug-likeness (QED) is 0.859. The van der Waals surface area contributed by atoms with Crippen LogP contribution in [0.5, 0.6) is 0 Å². The second kappa shape index (κ2) is 7.26. The Morgan fingerprint density at radius 1 is 1.30 bits per heavy atom. The fourth-order valence-corrected chi connectivity index (χ4v) is 3.44. The van der Waals surface area contributed by atoms with Crippen LogP contribution in [0.3, 0.4) is 0 Å². The molecule has 2 rings (SSSR count). The fourth-order valence-electron chi connectivity index (χ4n) is 3.44. The molecule has 114 valence electrons. The molecule has 0 aromatic carbocycles. The Morgan fingerprint density at radius 3 is 2.55 bits per heavy atom. The molecule has 1 saturated carbocycles. The van der Waals surface area contributed by atoms with Crippen LogP contribution in [0.15, 0.2) is 16.8 Å². The molecule has 1 aliphatic heterocycles. The van der Waals surface area contributed by atoms with E-state index in [-0.39, 0.29) is 0 Å². The molecule has 0 spiro atoms. The average Bonchev–Trinajstić information content (AvgIpc) is 2.48. The van der Waals surface area contributed by atoms with E-state index in [1.807, 2.05) is 6.20 Å². The molecular formula is C17H31N3. The van der Waals surface area contributed by atoms with Gasteiger partial charge in [0.05, 0.1) is 6.04 Å². The van der Waals surface area contributed by atoms with Crippen LogP contribution in [0.25, 0.3) is 0 Å². The Morgan fingerprint density at radius 2 is 2.00 bits per heavy atom. The molecule has 0 radical (unpaired) electrons. The molecule has 1 unspecified atom stereocenters. The minimum atomic E-state index is 0.521. The largest absolute Gasteiger partial charge is 0.404 e. The molecule has 20 heavy (non-hydrogen) atoms. The van der Waals surface area contributed by atoms with Crippen LogP contribution in [0.1, 0.15) is 59.3 Å². The summed E-state index contributed by atoms with van der Waals surface area (Å²) in [5.41, 5.74) is 8.45. The Kier molecular flexibility index (Phi) is 5.64. The van der Waals surface area contributed by atoms with Crippen LogP contribution >= 0.6 is 0 Å². The van der Waals surface area contributed by atoms with E-state index in [2.05, 4.69) is 25.7 Å². The van der Waals surface area contributed by atoms with Gasteiger partial charge in [0.25, 0.3) is 0 Å². The Hall–Kier alpha value is -0.830. The average molecular weight is 277 g/mol. The van der Waals surface area contributed by atoms with Crippen molar-refractivity contribution in [2.24, 2.45) is 16.6 Å². The minimum absolute atomic E-state index is 0.521. The first kappa shape index (κ1) is 15.6. The maximum Gasteiger partial charge on any atom is 0.0527 e. The highest BCUT2D eigenvalue weighted by Crippen LogP contribution is 2.29. The lowest BCUT2D eigenvalue weighted by Crippen LogP contribution is -2.40. The topological polar surface area (TPSA) is 41.6 Å². The standard InChI is InChI=1S/C17H31N3/c1-4-14-5-6-17(15(11-14)12-18)19-16-7-9-20(10-8-16)13(2)3/h12-14,16H,4-11,18H2,1-3H3/b15-12-,19-17?. The van der Waals surface area contributed by atoms with Gasteiger partial charge < -0.3 is 10.6 Å². The van der Waals surface area contributed by atoms with Gasteiger partial charge in [-0.3, -0.25) is 4.99 Å². The molecule has 3 nitrogen and oxygen atoms in total. The summed E-state index contributed by atoms with van der Waals surface area (Å²) in [5, 5.41) is 0. The van der Waals surface area contributed by atoms with Gasteiger partial charge in [-0.2, -0.15) is 0 Å². The van der Waals surface area contributed by atoms with Crippen LogP contribution in [-0.4, -0.2) is 35.8 Å². The first-order valence-corrected chi connectivity index (χ1v) is 8.35.